The molecule has 46 heavy (non-hydrogen) atoms. The van der Waals surface area contributed by atoms with Crippen LogP contribution in [0.1, 0.15) is 62.0 Å². The van der Waals surface area contributed by atoms with Gasteiger partial charge in [-0.15, -0.1) is 0 Å². The minimum atomic E-state index is 0.254. The Balaban J connectivity index is 1.46. The van der Waals surface area contributed by atoms with Crippen LogP contribution in [-0.2, 0) is 0 Å². The fourth-order valence-electron chi connectivity index (χ4n) is 6.88. The number of rotatable bonds is 5. The molecule has 8 rings (SSSR count). The third-order valence-electron chi connectivity index (χ3n) is 9.21. The lowest BCUT2D eigenvalue weighted by molar-refractivity contribution is 0.653. The molecule has 4 heterocycles. The van der Waals surface area contributed by atoms with E-state index < -0.39 is 0 Å². The first-order valence-electron chi connectivity index (χ1n) is 16.1. The first-order valence-corrected chi connectivity index (χ1v) is 16.1. The summed E-state index contributed by atoms with van der Waals surface area (Å²) in [6.07, 6.45) is 1.85. The summed E-state index contributed by atoms with van der Waals surface area (Å²) in [6, 6.07) is 32.6. The van der Waals surface area contributed by atoms with Gasteiger partial charge in [0.1, 0.15) is 11.4 Å². The average molecular weight is 601 g/mol. The second kappa shape index (κ2) is 10.7. The van der Waals surface area contributed by atoms with Gasteiger partial charge in [0.05, 0.1) is 28.0 Å². The lowest BCUT2D eigenvalue weighted by Gasteiger charge is -2.24. The summed E-state index contributed by atoms with van der Waals surface area (Å²) in [5.41, 5.74) is 12.3. The van der Waals surface area contributed by atoms with Crippen molar-refractivity contribution in [3.63, 3.8) is 0 Å². The molecule has 5 nitrogen and oxygen atoms in total. The van der Waals surface area contributed by atoms with E-state index in [4.69, 9.17) is 19.4 Å². The molecule has 0 spiro atoms. The molecule has 0 bridgehead atoms. The second-order valence-electron chi connectivity index (χ2n) is 13.0. The number of aromatic nitrogens is 4. The molecule has 4 aromatic carbocycles. The molecule has 0 N–H and O–H groups in total. The first-order chi connectivity index (χ1) is 22.3. The number of nitrogens with zero attached hydrogens (tertiary/aromatic N) is 4. The van der Waals surface area contributed by atoms with Gasteiger partial charge in [-0.3, -0.25) is 9.55 Å². The number of benzene rings is 4. The maximum atomic E-state index is 6.52. The first kappa shape index (κ1) is 28.2. The standard InChI is InChI=1S/C41H36N4O/c1-23(2)34-21-30(29-16-15-27-10-7-8-11-28(27)20-29)22-35(24(3)4)38(34)45-37-26(6)42-19-18-36(37)44-40(45)33-13-9-12-31-32-17-14-25(5)43-41(32)46-39(31)33/h7-24H,1-6H3. The van der Waals surface area contributed by atoms with Gasteiger partial charge in [-0.2, -0.15) is 0 Å². The number of fused-ring (bicyclic) bond motifs is 5. The lowest BCUT2D eigenvalue weighted by atomic mass is 9.87. The third-order valence-corrected chi connectivity index (χ3v) is 9.21. The normalized spacial score (nSPS) is 12.1. The molecule has 4 aromatic heterocycles. The summed E-state index contributed by atoms with van der Waals surface area (Å²) in [5.74, 6) is 1.35. The number of aryl methyl sites for hydroxylation is 2. The zero-order valence-electron chi connectivity index (χ0n) is 27.1. The smallest absolute Gasteiger partial charge is 0.227 e. The number of para-hydroxylation sites is 1. The topological polar surface area (TPSA) is 56.7 Å². The minimum absolute atomic E-state index is 0.254. The van der Waals surface area contributed by atoms with E-state index in [-0.39, 0.29) is 11.8 Å². The van der Waals surface area contributed by atoms with E-state index in [1.54, 1.807) is 0 Å². The summed E-state index contributed by atoms with van der Waals surface area (Å²) < 4.78 is 8.88. The van der Waals surface area contributed by atoms with Crippen molar-refractivity contribution in [1.82, 2.24) is 19.5 Å². The van der Waals surface area contributed by atoms with Gasteiger partial charge in [-0.1, -0.05) is 76.2 Å². The molecule has 0 aliphatic rings. The van der Waals surface area contributed by atoms with Crippen LogP contribution < -0.4 is 0 Å². The Hall–Kier alpha value is -5.29. The van der Waals surface area contributed by atoms with Crippen molar-refractivity contribution in [1.29, 1.82) is 0 Å². The summed E-state index contributed by atoms with van der Waals surface area (Å²) in [7, 11) is 0. The Morgan fingerprint density at radius 1 is 0.674 bits per heavy atom. The SMILES string of the molecule is Cc1ccc2c(n1)oc1c(-c3nc4ccnc(C)c4n3-c3c(C(C)C)cc(-c4ccc5ccccc5c4)cc3C(C)C)cccc12. The van der Waals surface area contributed by atoms with Crippen LogP contribution in [0.4, 0.5) is 0 Å². The van der Waals surface area contributed by atoms with Gasteiger partial charge in [0, 0.05) is 22.7 Å². The van der Waals surface area contributed by atoms with Crippen molar-refractivity contribution < 1.29 is 4.42 Å². The molecule has 5 heteroatoms. The molecule has 0 radical (unpaired) electrons. The maximum Gasteiger partial charge on any atom is 0.227 e. The lowest BCUT2D eigenvalue weighted by Crippen LogP contribution is -2.10. The molecule has 8 aromatic rings. The fourth-order valence-corrected chi connectivity index (χ4v) is 6.88. The molecular formula is C41H36N4O. The summed E-state index contributed by atoms with van der Waals surface area (Å²) in [4.78, 5) is 14.8. The van der Waals surface area contributed by atoms with E-state index in [1.807, 2.05) is 25.3 Å². The molecule has 0 aliphatic carbocycles. The third kappa shape index (κ3) is 4.41. The van der Waals surface area contributed by atoms with E-state index in [0.717, 1.165) is 50.2 Å². The van der Waals surface area contributed by atoms with E-state index in [9.17, 15) is 0 Å². The van der Waals surface area contributed by atoms with Crippen LogP contribution in [-0.4, -0.2) is 19.5 Å². The number of hydrogen-bond donors (Lipinski definition) is 0. The highest BCUT2D eigenvalue weighted by molar-refractivity contribution is 6.08. The molecule has 0 amide bonds. The molecular weight excluding hydrogens is 564 g/mol. The monoisotopic (exact) mass is 600 g/mol. The van der Waals surface area contributed by atoms with Crippen LogP contribution in [0, 0.1) is 13.8 Å². The molecule has 0 atom stereocenters. The minimum Gasteiger partial charge on any atom is -0.437 e. The van der Waals surface area contributed by atoms with Crippen LogP contribution in [0.2, 0.25) is 0 Å². The average Bonchev–Trinajstić information content (AvgIpc) is 3.62. The fraction of sp³-hybridized carbons (Fsp3) is 0.195. The van der Waals surface area contributed by atoms with Gasteiger partial charge in [0.15, 0.2) is 0 Å². The van der Waals surface area contributed by atoms with Gasteiger partial charge in [0.2, 0.25) is 5.71 Å². The molecule has 0 saturated heterocycles. The van der Waals surface area contributed by atoms with Crippen molar-refractivity contribution in [3.8, 4) is 28.2 Å². The Kier molecular flexibility index (Phi) is 6.54. The zero-order chi connectivity index (χ0) is 31.7. The number of furan rings is 1. The maximum absolute atomic E-state index is 6.52. The van der Waals surface area contributed by atoms with Gasteiger partial charge < -0.3 is 4.42 Å². The van der Waals surface area contributed by atoms with Crippen molar-refractivity contribution in [2.24, 2.45) is 0 Å². The van der Waals surface area contributed by atoms with Crippen molar-refractivity contribution in [2.45, 2.75) is 53.4 Å². The van der Waals surface area contributed by atoms with E-state index in [1.165, 1.54) is 38.7 Å². The quantitative estimate of drug-likeness (QED) is 0.197. The van der Waals surface area contributed by atoms with E-state index in [0.29, 0.717) is 5.71 Å². The predicted octanol–water partition coefficient (Wildman–Crippen LogP) is 11.1. The highest BCUT2D eigenvalue weighted by Crippen LogP contribution is 2.43. The van der Waals surface area contributed by atoms with Gasteiger partial charge in [-0.25, -0.2) is 9.97 Å². The van der Waals surface area contributed by atoms with Gasteiger partial charge in [-0.05, 0) is 101 Å². The Morgan fingerprint density at radius 3 is 2.20 bits per heavy atom. The molecule has 0 aliphatic heterocycles. The van der Waals surface area contributed by atoms with Crippen LogP contribution >= 0.6 is 0 Å². The highest BCUT2D eigenvalue weighted by atomic mass is 16.3. The Bertz CT molecular complexity index is 2430. The largest absolute Gasteiger partial charge is 0.437 e. The van der Waals surface area contributed by atoms with Gasteiger partial charge >= 0.3 is 0 Å². The molecule has 0 unspecified atom stereocenters. The van der Waals surface area contributed by atoms with Crippen molar-refractivity contribution in [2.75, 3.05) is 0 Å². The van der Waals surface area contributed by atoms with E-state index >= 15 is 0 Å². The van der Waals surface area contributed by atoms with E-state index in [2.05, 4.69) is 118 Å². The number of imidazole rings is 1. The van der Waals surface area contributed by atoms with Crippen LogP contribution in [0.25, 0.3) is 72.1 Å². The number of pyridine rings is 2. The number of hydrogen-bond acceptors (Lipinski definition) is 4. The summed E-state index contributed by atoms with van der Waals surface area (Å²) >= 11 is 0. The van der Waals surface area contributed by atoms with Gasteiger partial charge in [0.25, 0.3) is 0 Å². The van der Waals surface area contributed by atoms with Crippen molar-refractivity contribution >= 4 is 43.9 Å². The van der Waals surface area contributed by atoms with Crippen LogP contribution in [0.5, 0.6) is 0 Å². The predicted molar refractivity (Wildman–Crippen MR) is 190 cm³/mol. The highest BCUT2D eigenvalue weighted by Gasteiger charge is 2.26. The molecule has 0 saturated carbocycles. The summed E-state index contributed by atoms with van der Waals surface area (Å²) in [6.45, 7) is 13.2. The Morgan fingerprint density at radius 2 is 1.43 bits per heavy atom. The zero-order valence-corrected chi connectivity index (χ0v) is 27.1. The van der Waals surface area contributed by atoms with Crippen LogP contribution in [0.15, 0.2) is 102 Å². The van der Waals surface area contributed by atoms with Crippen molar-refractivity contribution in [3.05, 3.63) is 120 Å². The van der Waals surface area contributed by atoms with Crippen LogP contribution in [0.3, 0.4) is 0 Å². The molecule has 0 fully saturated rings. The summed E-state index contributed by atoms with van der Waals surface area (Å²) in [5, 5.41) is 4.54. The Labute approximate surface area is 268 Å². The molecule has 226 valence electrons. The second-order valence-corrected chi connectivity index (χ2v) is 13.0.